The van der Waals surface area contributed by atoms with Gasteiger partial charge in [-0.1, -0.05) is 6.42 Å². The van der Waals surface area contributed by atoms with Crippen LogP contribution in [-0.4, -0.2) is 30.4 Å². The minimum absolute atomic E-state index is 0.390. The molecule has 2 aliphatic carbocycles. The highest BCUT2D eigenvalue weighted by Crippen LogP contribution is 2.34. The molecular weight excluding hydrogens is 212 g/mol. The summed E-state index contributed by atoms with van der Waals surface area (Å²) in [5.74, 6) is 2.03. The quantitative estimate of drug-likeness (QED) is 0.626. The number of carbonyl (C=O) groups is 1. The van der Waals surface area contributed by atoms with Gasteiger partial charge in [0.25, 0.3) is 0 Å². The van der Waals surface area contributed by atoms with Crippen LogP contribution in [0.5, 0.6) is 0 Å². The molecule has 0 spiro atoms. The Balaban J connectivity index is 1.66. The third-order valence-corrected chi connectivity index (χ3v) is 3.80. The van der Waals surface area contributed by atoms with E-state index < -0.39 is 0 Å². The Morgan fingerprint density at radius 3 is 2.06 bits per heavy atom. The number of carbonyl (C=O) groups excluding carboxylic acids is 1. The van der Waals surface area contributed by atoms with Gasteiger partial charge in [0, 0.05) is 19.5 Å². The van der Waals surface area contributed by atoms with Crippen molar-refractivity contribution in [2.45, 2.75) is 51.4 Å². The molecule has 0 heterocycles. The van der Waals surface area contributed by atoms with Gasteiger partial charge >= 0.3 is 0 Å². The molecule has 0 saturated heterocycles. The fourth-order valence-corrected chi connectivity index (χ4v) is 2.26. The lowest BCUT2D eigenvalue weighted by molar-refractivity contribution is -0.131. The van der Waals surface area contributed by atoms with Gasteiger partial charge < -0.3 is 10.6 Å². The van der Waals surface area contributed by atoms with Crippen molar-refractivity contribution in [1.82, 2.24) is 4.90 Å². The maximum atomic E-state index is 12.1. The molecule has 0 atom stereocenters. The van der Waals surface area contributed by atoms with Crippen LogP contribution in [0.2, 0.25) is 0 Å². The van der Waals surface area contributed by atoms with E-state index in [1.165, 1.54) is 25.7 Å². The smallest absolute Gasteiger partial charge is 0.222 e. The zero-order chi connectivity index (χ0) is 12.1. The molecule has 0 aromatic carbocycles. The Labute approximate surface area is 105 Å². The van der Waals surface area contributed by atoms with Crippen LogP contribution in [0.15, 0.2) is 0 Å². The number of nitrogens with zero attached hydrogens (tertiary/aromatic N) is 1. The predicted octanol–water partition coefficient (Wildman–Crippen LogP) is 2.15. The first-order chi connectivity index (χ1) is 8.29. The summed E-state index contributed by atoms with van der Waals surface area (Å²) in [6, 6.07) is 0. The van der Waals surface area contributed by atoms with E-state index in [-0.39, 0.29) is 0 Å². The van der Waals surface area contributed by atoms with Crippen molar-refractivity contribution in [2.75, 3.05) is 19.6 Å². The van der Waals surface area contributed by atoms with E-state index in [0.717, 1.165) is 57.2 Å². The fourth-order valence-electron chi connectivity index (χ4n) is 2.26. The summed E-state index contributed by atoms with van der Waals surface area (Å²) in [5.41, 5.74) is 5.46. The molecule has 0 bridgehead atoms. The Bertz CT molecular complexity index is 233. The summed E-state index contributed by atoms with van der Waals surface area (Å²) in [5, 5.41) is 0. The van der Waals surface area contributed by atoms with Crippen LogP contribution in [-0.2, 0) is 4.79 Å². The zero-order valence-corrected chi connectivity index (χ0v) is 10.9. The van der Waals surface area contributed by atoms with Crippen molar-refractivity contribution in [1.29, 1.82) is 0 Å². The average Bonchev–Trinajstić information content (AvgIpc) is 3.17. The molecule has 98 valence electrons. The molecular formula is C14H26N2O. The van der Waals surface area contributed by atoms with Gasteiger partial charge in [-0.2, -0.15) is 0 Å². The van der Waals surface area contributed by atoms with Crippen LogP contribution < -0.4 is 5.73 Å². The van der Waals surface area contributed by atoms with Crippen LogP contribution in [0.3, 0.4) is 0 Å². The zero-order valence-electron chi connectivity index (χ0n) is 10.9. The third kappa shape index (κ3) is 5.07. The van der Waals surface area contributed by atoms with Gasteiger partial charge in [-0.25, -0.2) is 0 Å². The van der Waals surface area contributed by atoms with E-state index in [0.29, 0.717) is 5.91 Å². The van der Waals surface area contributed by atoms with Gasteiger partial charge in [-0.15, -0.1) is 0 Å². The summed E-state index contributed by atoms with van der Waals surface area (Å²) in [6.45, 7) is 2.82. The number of hydrogen-bond acceptors (Lipinski definition) is 2. The fraction of sp³-hybridized carbons (Fsp3) is 0.929. The minimum atomic E-state index is 0.390. The second-order valence-corrected chi connectivity index (χ2v) is 5.78. The van der Waals surface area contributed by atoms with Crippen molar-refractivity contribution >= 4 is 5.91 Å². The SMILES string of the molecule is NCCCCCC(=O)N(CC1CC1)CC1CC1. The van der Waals surface area contributed by atoms with Crippen molar-refractivity contribution in [3.63, 3.8) is 0 Å². The van der Waals surface area contributed by atoms with Crippen LogP contribution in [0.1, 0.15) is 51.4 Å². The molecule has 0 radical (unpaired) electrons. The van der Waals surface area contributed by atoms with Gasteiger partial charge in [0.2, 0.25) is 5.91 Å². The Hall–Kier alpha value is -0.570. The molecule has 2 aliphatic rings. The summed E-state index contributed by atoms with van der Waals surface area (Å²) in [7, 11) is 0. The van der Waals surface area contributed by atoms with Crippen molar-refractivity contribution in [3.05, 3.63) is 0 Å². The van der Waals surface area contributed by atoms with E-state index in [1.54, 1.807) is 0 Å². The molecule has 1 amide bonds. The Morgan fingerprint density at radius 1 is 1.00 bits per heavy atom. The molecule has 3 nitrogen and oxygen atoms in total. The van der Waals surface area contributed by atoms with E-state index >= 15 is 0 Å². The first-order valence-electron chi connectivity index (χ1n) is 7.27. The lowest BCUT2D eigenvalue weighted by atomic mass is 10.1. The van der Waals surface area contributed by atoms with Gasteiger partial charge in [-0.3, -0.25) is 4.79 Å². The largest absolute Gasteiger partial charge is 0.342 e. The Kier molecular flexibility index (Phi) is 4.84. The topological polar surface area (TPSA) is 46.3 Å². The van der Waals surface area contributed by atoms with Crippen LogP contribution in [0.4, 0.5) is 0 Å². The summed E-state index contributed by atoms with van der Waals surface area (Å²) < 4.78 is 0. The highest BCUT2D eigenvalue weighted by Gasteiger charge is 2.31. The molecule has 0 unspecified atom stereocenters. The van der Waals surface area contributed by atoms with E-state index in [9.17, 15) is 4.79 Å². The summed E-state index contributed by atoms with van der Waals surface area (Å²) in [6.07, 6.45) is 9.25. The number of amides is 1. The molecule has 2 rings (SSSR count). The highest BCUT2D eigenvalue weighted by molar-refractivity contribution is 5.76. The number of rotatable bonds is 9. The minimum Gasteiger partial charge on any atom is -0.342 e. The maximum absolute atomic E-state index is 12.1. The second kappa shape index (κ2) is 6.39. The van der Waals surface area contributed by atoms with E-state index in [2.05, 4.69) is 4.90 Å². The molecule has 2 N–H and O–H groups in total. The van der Waals surface area contributed by atoms with E-state index in [4.69, 9.17) is 5.73 Å². The molecule has 3 heteroatoms. The monoisotopic (exact) mass is 238 g/mol. The Morgan fingerprint density at radius 2 is 1.59 bits per heavy atom. The van der Waals surface area contributed by atoms with Crippen molar-refractivity contribution < 1.29 is 4.79 Å². The van der Waals surface area contributed by atoms with Crippen molar-refractivity contribution in [3.8, 4) is 0 Å². The standard InChI is InChI=1S/C14H26N2O/c15-9-3-1-2-4-14(17)16(10-12-5-6-12)11-13-7-8-13/h12-13H,1-11,15H2. The molecule has 0 aliphatic heterocycles. The van der Waals surface area contributed by atoms with Crippen molar-refractivity contribution in [2.24, 2.45) is 17.6 Å². The lowest BCUT2D eigenvalue weighted by Crippen LogP contribution is -2.34. The van der Waals surface area contributed by atoms with Gasteiger partial charge in [-0.05, 0) is 56.9 Å². The summed E-state index contributed by atoms with van der Waals surface area (Å²) >= 11 is 0. The third-order valence-electron chi connectivity index (χ3n) is 3.80. The second-order valence-electron chi connectivity index (χ2n) is 5.78. The van der Waals surface area contributed by atoms with Crippen LogP contribution in [0.25, 0.3) is 0 Å². The molecule has 0 aromatic heterocycles. The molecule has 0 aromatic rings. The number of unbranched alkanes of at least 4 members (excludes halogenated alkanes) is 2. The normalized spacial score (nSPS) is 19.4. The van der Waals surface area contributed by atoms with Crippen LogP contribution in [0, 0.1) is 11.8 Å². The first kappa shape index (κ1) is 12.9. The average molecular weight is 238 g/mol. The highest BCUT2D eigenvalue weighted by atomic mass is 16.2. The lowest BCUT2D eigenvalue weighted by Gasteiger charge is -2.22. The van der Waals surface area contributed by atoms with E-state index in [1.807, 2.05) is 0 Å². The number of nitrogens with two attached hydrogens (primary N) is 1. The number of hydrogen-bond donors (Lipinski definition) is 1. The maximum Gasteiger partial charge on any atom is 0.222 e. The molecule has 2 saturated carbocycles. The first-order valence-corrected chi connectivity index (χ1v) is 7.27. The van der Waals surface area contributed by atoms with Crippen LogP contribution >= 0.6 is 0 Å². The molecule has 17 heavy (non-hydrogen) atoms. The van der Waals surface area contributed by atoms with Gasteiger partial charge in [0.05, 0.1) is 0 Å². The summed E-state index contributed by atoms with van der Waals surface area (Å²) in [4.78, 5) is 14.3. The molecule has 2 fully saturated rings. The van der Waals surface area contributed by atoms with Gasteiger partial charge in [0.1, 0.15) is 0 Å². The predicted molar refractivity (Wildman–Crippen MR) is 69.6 cm³/mol. The van der Waals surface area contributed by atoms with Gasteiger partial charge in [0.15, 0.2) is 0 Å².